The number of aryl methyl sites for hydroxylation is 1. The van der Waals surface area contributed by atoms with Crippen molar-refractivity contribution in [1.82, 2.24) is 9.78 Å². The van der Waals surface area contributed by atoms with E-state index in [0.29, 0.717) is 5.56 Å². The number of rotatable bonds is 1. The number of hydrogen-bond acceptors (Lipinski definition) is 3. The van der Waals surface area contributed by atoms with Crippen LogP contribution in [0.5, 0.6) is 0 Å². The molecule has 2 N–H and O–H groups in total. The number of aromatic nitrogens is 2. The molecule has 19 heavy (non-hydrogen) atoms. The summed E-state index contributed by atoms with van der Waals surface area (Å²) in [5, 5.41) is 9.20. The molecule has 0 radical (unpaired) electrons. The van der Waals surface area contributed by atoms with Crippen molar-refractivity contribution in [2.75, 3.05) is 10.6 Å². The third-order valence-electron chi connectivity index (χ3n) is 2.96. The number of nitrogens with one attached hydrogen (secondary N) is 2. The smallest absolute Gasteiger partial charge is 0.251 e. The van der Waals surface area contributed by atoms with Gasteiger partial charge in [0.25, 0.3) is 5.91 Å². The average molecular weight is 264 g/mol. The van der Waals surface area contributed by atoms with Crippen LogP contribution in [-0.4, -0.2) is 15.7 Å². The predicted molar refractivity (Wildman–Crippen MR) is 64.6 cm³/mol. The maximum absolute atomic E-state index is 13.7. The van der Waals surface area contributed by atoms with Crippen LogP contribution >= 0.6 is 0 Å². The van der Waals surface area contributed by atoms with E-state index in [1.165, 1.54) is 16.9 Å². The maximum Gasteiger partial charge on any atom is 0.251 e. The Hall–Kier alpha value is -2.44. The first kappa shape index (κ1) is 11.6. The van der Waals surface area contributed by atoms with E-state index in [2.05, 4.69) is 15.7 Å². The first-order valence-corrected chi connectivity index (χ1v) is 5.60. The first-order valence-electron chi connectivity index (χ1n) is 5.60. The molecule has 0 spiro atoms. The topological polar surface area (TPSA) is 59.0 Å². The number of fused-ring (bicyclic) bond motifs is 1. The van der Waals surface area contributed by atoms with Gasteiger partial charge in [0, 0.05) is 18.8 Å². The van der Waals surface area contributed by atoms with E-state index in [9.17, 15) is 13.6 Å². The minimum absolute atomic E-state index is 0.0477. The quantitative estimate of drug-likeness (QED) is 0.825. The average Bonchev–Trinajstić information content (AvgIpc) is 2.80. The van der Waals surface area contributed by atoms with Crippen LogP contribution in [-0.2, 0) is 11.8 Å². The van der Waals surface area contributed by atoms with Gasteiger partial charge in [0.05, 0.1) is 17.6 Å². The first-order chi connectivity index (χ1) is 9.06. The number of carbonyl (C=O) groups excluding carboxylic acids is 1. The molecule has 0 fully saturated rings. The fraction of sp³-hybridized carbons (Fsp3) is 0.167. The van der Waals surface area contributed by atoms with E-state index in [0.717, 1.165) is 6.07 Å². The summed E-state index contributed by atoms with van der Waals surface area (Å²) in [4.78, 5) is 11.9. The minimum atomic E-state index is -1.01. The van der Waals surface area contributed by atoms with Gasteiger partial charge in [-0.1, -0.05) is 0 Å². The van der Waals surface area contributed by atoms with Gasteiger partial charge in [0.2, 0.25) is 0 Å². The summed E-state index contributed by atoms with van der Waals surface area (Å²) in [5.74, 6) is -2.31. The Bertz CT molecular complexity index is 668. The molecule has 7 heteroatoms. The number of hydrogen-bond donors (Lipinski definition) is 2. The van der Waals surface area contributed by atoms with Crippen molar-refractivity contribution < 1.29 is 13.6 Å². The van der Waals surface area contributed by atoms with Crippen molar-refractivity contribution in [2.24, 2.45) is 7.05 Å². The number of benzene rings is 1. The Labute approximate surface area is 107 Å². The lowest BCUT2D eigenvalue weighted by atomic mass is 10.1. The molecule has 1 atom stereocenters. The molecular formula is C12H10F2N4O. The van der Waals surface area contributed by atoms with E-state index < -0.39 is 17.7 Å². The van der Waals surface area contributed by atoms with Crippen LogP contribution in [0.25, 0.3) is 0 Å². The molecule has 1 aliphatic rings. The van der Waals surface area contributed by atoms with Gasteiger partial charge < -0.3 is 10.6 Å². The maximum atomic E-state index is 13.7. The molecule has 2 heterocycles. The molecule has 5 nitrogen and oxygen atoms in total. The van der Waals surface area contributed by atoms with Gasteiger partial charge in [-0.15, -0.1) is 0 Å². The molecule has 1 aromatic carbocycles. The van der Waals surface area contributed by atoms with E-state index >= 15 is 0 Å². The third-order valence-corrected chi connectivity index (χ3v) is 2.96. The van der Waals surface area contributed by atoms with Gasteiger partial charge in [-0.2, -0.15) is 5.10 Å². The van der Waals surface area contributed by atoms with Crippen LogP contribution < -0.4 is 10.6 Å². The lowest BCUT2D eigenvalue weighted by Crippen LogP contribution is -2.32. The molecule has 2 aromatic rings. The van der Waals surface area contributed by atoms with Crippen LogP contribution in [0, 0.1) is 11.6 Å². The highest BCUT2D eigenvalue weighted by atomic mass is 19.2. The summed E-state index contributed by atoms with van der Waals surface area (Å²) < 4.78 is 28.4. The van der Waals surface area contributed by atoms with Gasteiger partial charge >= 0.3 is 0 Å². The SMILES string of the molecule is Cn1cc(C2Nc3c(ccc(F)c3F)NC2=O)cn1. The summed E-state index contributed by atoms with van der Waals surface area (Å²) in [7, 11) is 1.71. The Morgan fingerprint density at radius 2 is 2.16 bits per heavy atom. The highest BCUT2D eigenvalue weighted by Crippen LogP contribution is 2.35. The largest absolute Gasteiger partial charge is 0.366 e. The predicted octanol–water partition coefficient (Wildman–Crippen LogP) is 1.80. The Kier molecular flexibility index (Phi) is 2.48. The summed E-state index contributed by atoms with van der Waals surface area (Å²) in [6, 6.07) is 1.50. The summed E-state index contributed by atoms with van der Waals surface area (Å²) in [6.07, 6.45) is 3.14. The summed E-state index contributed by atoms with van der Waals surface area (Å²) >= 11 is 0. The van der Waals surface area contributed by atoms with E-state index in [1.54, 1.807) is 13.2 Å². The number of carbonyl (C=O) groups is 1. The fourth-order valence-electron chi connectivity index (χ4n) is 2.03. The van der Waals surface area contributed by atoms with Crippen molar-refractivity contribution >= 4 is 17.3 Å². The number of anilines is 2. The zero-order chi connectivity index (χ0) is 13.6. The van der Waals surface area contributed by atoms with Gasteiger partial charge in [0.15, 0.2) is 11.6 Å². The molecule has 1 aromatic heterocycles. The second-order valence-electron chi connectivity index (χ2n) is 4.30. The second kappa shape index (κ2) is 4.04. The third kappa shape index (κ3) is 1.83. The van der Waals surface area contributed by atoms with Gasteiger partial charge in [0.1, 0.15) is 6.04 Å². The molecule has 1 amide bonds. The second-order valence-corrected chi connectivity index (χ2v) is 4.30. The summed E-state index contributed by atoms with van der Waals surface area (Å²) in [5.41, 5.74) is 0.756. The van der Waals surface area contributed by atoms with Crippen molar-refractivity contribution in [3.63, 3.8) is 0 Å². The Balaban J connectivity index is 2.03. The van der Waals surface area contributed by atoms with E-state index in [1.807, 2.05) is 0 Å². The number of amides is 1. The standard InChI is InChI=1S/C12H10F2N4O/c1-18-5-6(4-15-18)10-12(19)16-8-3-2-7(13)9(14)11(8)17-10/h2-5,10,17H,1H3,(H,16,19). The molecule has 1 aliphatic heterocycles. The number of halogens is 2. The molecular weight excluding hydrogens is 254 g/mol. The Morgan fingerprint density at radius 3 is 2.84 bits per heavy atom. The number of nitrogens with zero attached hydrogens (tertiary/aromatic N) is 2. The molecule has 0 aliphatic carbocycles. The lowest BCUT2D eigenvalue weighted by molar-refractivity contribution is -0.117. The molecule has 0 saturated carbocycles. The van der Waals surface area contributed by atoms with Gasteiger partial charge in [-0.25, -0.2) is 8.78 Å². The van der Waals surface area contributed by atoms with Crippen molar-refractivity contribution in [1.29, 1.82) is 0 Å². The zero-order valence-electron chi connectivity index (χ0n) is 9.95. The van der Waals surface area contributed by atoms with Gasteiger partial charge in [-0.3, -0.25) is 9.48 Å². The van der Waals surface area contributed by atoms with E-state index in [-0.39, 0.29) is 17.3 Å². The monoisotopic (exact) mass is 264 g/mol. The van der Waals surface area contributed by atoms with E-state index in [4.69, 9.17) is 0 Å². The molecule has 1 unspecified atom stereocenters. The van der Waals surface area contributed by atoms with Crippen LogP contribution in [0.3, 0.4) is 0 Å². The van der Waals surface area contributed by atoms with Crippen molar-refractivity contribution in [3.8, 4) is 0 Å². The highest BCUT2D eigenvalue weighted by molar-refractivity contribution is 6.03. The van der Waals surface area contributed by atoms with Crippen molar-refractivity contribution in [3.05, 3.63) is 41.7 Å². The fourth-order valence-corrected chi connectivity index (χ4v) is 2.03. The minimum Gasteiger partial charge on any atom is -0.366 e. The molecule has 98 valence electrons. The molecule has 3 rings (SSSR count). The van der Waals surface area contributed by atoms with Crippen molar-refractivity contribution in [2.45, 2.75) is 6.04 Å². The zero-order valence-corrected chi connectivity index (χ0v) is 9.95. The molecule has 0 bridgehead atoms. The highest BCUT2D eigenvalue weighted by Gasteiger charge is 2.30. The summed E-state index contributed by atoms with van der Waals surface area (Å²) in [6.45, 7) is 0. The van der Waals surface area contributed by atoms with Gasteiger partial charge in [-0.05, 0) is 12.1 Å². The van der Waals surface area contributed by atoms with Crippen LogP contribution in [0.15, 0.2) is 24.5 Å². The molecule has 0 saturated heterocycles. The lowest BCUT2D eigenvalue weighted by Gasteiger charge is -2.26. The van der Waals surface area contributed by atoms with Crippen LogP contribution in [0.2, 0.25) is 0 Å². The van der Waals surface area contributed by atoms with Crippen LogP contribution in [0.4, 0.5) is 20.2 Å². The normalized spacial score (nSPS) is 17.6. The van der Waals surface area contributed by atoms with Crippen LogP contribution in [0.1, 0.15) is 11.6 Å². The Morgan fingerprint density at radius 1 is 1.37 bits per heavy atom.